The number of ether oxygens (including phenoxy) is 1. The summed E-state index contributed by atoms with van der Waals surface area (Å²) in [6, 6.07) is 16.4. The van der Waals surface area contributed by atoms with Gasteiger partial charge in [0.05, 0.1) is 37.2 Å². The van der Waals surface area contributed by atoms with Crippen LogP contribution in [-0.2, 0) is 32.5 Å². The van der Waals surface area contributed by atoms with Crippen LogP contribution in [0.25, 0.3) is 11.1 Å². The molecule has 4 rings (SSSR count). The van der Waals surface area contributed by atoms with Gasteiger partial charge < -0.3 is 4.74 Å². The number of hydrogen-bond donors (Lipinski definition) is 1. The van der Waals surface area contributed by atoms with Crippen molar-refractivity contribution < 1.29 is 17.9 Å². The lowest BCUT2D eigenvalue weighted by atomic mass is 9.94. The molecule has 0 amide bonds. The first-order valence-corrected chi connectivity index (χ1v) is 11.8. The lowest BCUT2D eigenvalue weighted by Gasteiger charge is -2.24. The SMILES string of the molecule is COC(=O)CCn1ncc2c1CCCC2NS(=O)(=O)c1ccc(-c2ccccc2)cc1. The maximum absolute atomic E-state index is 13.0. The summed E-state index contributed by atoms with van der Waals surface area (Å²) in [5.41, 5.74) is 3.85. The molecule has 0 aliphatic heterocycles. The standard InChI is InChI=1S/C23H25N3O4S/c1-30-23(27)14-15-26-22-9-5-8-21(20(22)16-24-26)25-31(28,29)19-12-10-18(11-13-19)17-6-3-2-4-7-17/h2-4,6-7,10-13,16,21,25H,5,8-9,14-15H2,1H3. The van der Waals surface area contributed by atoms with E-state index in [1.165, 1.54) is 7.11 Å². The zero-order chi connectivity index (χ0) is 21.8. The van der Waals surface area contributed by atoms with Crippen LogP contribution in [0, 0.1) is 0 Å². The number of nitrogens with one attached hydrogen (secondary N) is 1. The third kappa shape index (κ3) is 4.70. The number of benzene rings is 2. The summed E-state index contributed by atoms with van der Waals surface area (Å²) < 4.78 is 35.4. The van der Waals surface area contributed by atoms with Crippen molar-refractivity contribution in [3.05, 3.63) is 72.1 Å². The maximum Gasteiger partial charge on any atom is 0.307 e. The number of esters is 1. The van der Waals surface area contributed by atoms with Crippen LogP contribution in [-0.4, -0.2) is 31.3 Å². The van der Waals surface area contributed by atoms with Gasteiger partial charge in [0.25, 0.3) is 0 Å². The van der Waals surface area contributed by atoms with Crippen molar-refractivity contribution in [1.29, 1.82) is 0 Å². The lowest BCUT2D eigenvalue weighted by Crippen LogP contribution is -2.31. The van der Waals surface area contributed by atoms with E-state index in [9.17, 15) is 13.2 Å². The van der Waals surface area contributed by atoms with Crippen LogP contribution >= 0.6 is 0 Å². The van der Waals surface area contributed by atoms with E-state index in [-0.39, 0.29) is 23.3 Å². The number of methoxy groups -OCH3 is 1. The normalized spacial score (nSPS) is 16.0. The molecule has 31 heavy (non-hydrogen) atoms. The van der Waals surface area contributed by atoms with Gasteiger partial charge in [-0.3, -0.25) is 9.48 Å². The summed E-state index contributed by atoms with van der Waals surface area (Å²) in [4.78, 5) is 11.7. The first-order chi connectivity index (χ1) is 15.0. The van der Waals surface area contributed by atoms with E-state index in [4.69, 9.17) is 4.74 Å². The number of rotatable bonds is 7. The minimum absolute atomic E-state index is 0.231. The molecule has 0 radical (unpaired) electrons. The highest BCUT2D eigenvalue weighted by Crippen LogP contribution is 2.31. The average molecular weight is 440 g/mol. The van der Waals surface area contributed by atoms with Gasteiger partial charge in [-0.1, -0.05) is 42.5 Å². The Labute approximate surface area is 182 Å². The van der Waals surface area contributed by atoms with Crippen molar-refractivity contribution >= 4 is 16.0 Å². The fourth-order valence-corrected chi connectivity index (χ4v) is 5.20. The number of sulfonamides is 1. The Bertz CT molecular complexity index is 1160. The molecule has 1 atom stereocenters. The highest BCUT2D eigenvalue weighted by atomic mass is 32.2. The molecule has 1 unspecified atom stereocenters. The fraction of sp³-hybridized carbons (Fsp3) is 0.304. The van der Waals surface area contributed by atoms with Crippen LogP contribution in [0.3, 0.4) is 0 Å². The third-order valence-electron chi connectivity index (χ3n) is 5.59. The van der Waals surface area contributed by atoms with E-state index in [0.29, 0.717) is 13.0 Å². The molecule has 1 aliphatic carbocycles. The summed E-state index contributed by atoms with van der Waals surface area (Å²) in [7, 11) is -2.32. The zero-order valence-electron chi connectivity index (χ0n) is 17.3. The molecule has 1 N–H and O–H groups in total. The smallest absolute Gasteiger partial charge is 0.307 e. The summed E-state index contributed by atoms with van der Waals surface area (Å²) in [6.45, 7) is 0.419. The summed E-state index contributed by atoms with van der Waals surface area (Å²) in [5, 5.41) is 4.38. The largest absolute Gasteiger partial charge is 0.469 e. The van der Waals surface area contributed by atoms with Crippen molar-refractivity contribution in [2.75, 3.05) is 7.11 Å². The second kappa shape index (κ2) is 9.03. The van der Waals surface area contributed by atoms with Gasteiger partial charge in [-0.25, -0.2) is 13.1 Å². The van der Waals surface area contributed by atoms with Crippen LogP contribution in [0.15, 0.2) is 65.7 Å². The minimum atomic E-state index is -3.68. The molecular weight excluding hydrogens is 414 g/mol. The topological polar surface area (TPSA) is 90.3 Å². The minimum Gasteiger partial charge on any atom is -0.469 e. The first-order valence-electron chi connectivity index (χ1n) is 10.3. The van der Waals surface area contributed by atoms with Crippen LogP contribution in [0.5, 0.6) is 0 Å². The highest BCUT2D eigenvalue weighted by Gasteiger charge is 2.28. The predicted octanol–water partition coefficient (Wildman–Crippen LogP) is 3.47. The molecule has 0 spiro atoms. The number of carbonyl (C=O) groups excluding carboxylic acids is 1. The van der Waals surface area contributed by atoms with Crippen LogP contribution in [0.1, 0.15) is 36.6 Å². The van der Waals surface area contributed by atoms with Crippen molar-refractivity contribution in [3.63, 3.8) is 0 Å². The summed E-state index contributed by atoms with van der Waals surface area (Å²) >= 11 is 0. The van der Waals surface area contributed by atoms with E-state index >= 15 is 0 Å². The molecule has 2 aromatic carbocycles. The van der Waals surface area contributed by atoms with E-state index < -0.39 is 10.0 Å². The van der Waals surface area contributed by atoms with Crippen molar-refractivity contribution in [1.82, 2.24) is 14.5 Å². The van der Waals surface area contributed by atoms with Gasteiger partial charge in [-0.2, -0.15) is 5.10 Å². The summed E-state index contributed by atoms with van der Waals surface area (Å²) in [5.74, 6) is -0.295. The van der Waals surface area contributed by atoms with Gasteiger partial charge in [0.1, 0.15) is 0 Å². The predicted molar refractivity (Wildman–Crippen MR) is 117 cm³/mol. The number of carbonyl (C=O) groups is 1. The lowest BCUT2D eigenvalue weighted by molar-refractivity contribution is -0.140. The van der Waals surface area contributed by atoms with Gasteiger partial charge in [-0.15, -0.1) is 0 Å². The van der Waals surface area contributed by atoms with Crippen LogP contribution in [0.4, 0.5) is 0 Å². The van der Waals surface area contributed by atoms with Gasteiger partial charge in [-0.05, 0) is 42.5 Å². The molecule has 0 fully saturated rings. The molecule has 162 valence electrons. The molecule has 0 bridgehead atoms. The molecule has 3 aromatic rings. The van der Waals surface area contributed by atoms with Gasteiger partial charge >= 0.3 is 5.97 Å². The summed E-state index contributed by atoms with van der Waals surface area (Å²) in [6.07, 6.45) is 4.29. The molecule has 1 heterocycles. The Kier molecular flexibility index (Phi) is 6.20. The molecule has 8 heteroatoms. The van der Waals surface area contributed by atoms with Crippen molar-refractivity contribution in [2.45, 2.75) is 43.2 Å². The quantitative estimate of drug-likeness (QED) is 0.570. The number of nitrogens with zero attached hydrogens (tertiary/aromatic N) is 2. The van der Waals surface area contributed by atoms with Gasteiger partial charge in [0, 0.05) is 11.3 Å². The zero-order valence-corrected chi connectivity index (χ0v) is 18.1. The molecule has 0 saturated heterocycles. The number of hydrogen-bond acceptors (Lipinski definition) is 5. The van der Waals surface area contributed by atoms with Gasteiger partial charge in [0.15, 0.2) is 0 Å². The third-order valence-corrected chi connectivity index (χ3v) is 7.07. The molecule has 1 aliphatic rings. The monoisotopic (exact) mass is 439 g/mol. The van der Waals surface area contributed by atoms with Crippen LogP contribution in [0.2, 0.25) is 0 Å². The van der Waals surface area contributed by atoms with Crippen molar-refractivity contribution in [2.24, 2.45) is 0 Å². The van der Waals surface area contributed by atoms with Crippen molar-refractivity contribution in [3.8, 4) is 11.1 Å². The number of aryl methyl sites for hydroxylation is 1. The first kappa shape index (κ1) is 21.3. The molecular formula is C23H25N3O4S. The van der Waals surface area contributed by atoms with E-state index in [0.717, 1.165) is 35.2 Å². The Hall–Kier alpha value is -2.97. The van der Waals surface area contributed by atoms with Crippen LogP contribution < -0.4 is 4.72 Å². The fourth-order valence-electron chi connectivity index (χ4n) is 3.95. The van der Waals surface area contributed by atoms with Gasteiger partial charge in [0.2, 0.25) is 10.0 Å². The second-order valence-electron chi connectivity index (χ2n) is 7.55. The second-order valence-corrected chi connectivity index (χ2v) is 9.27. The average Bonchev–Trinajstić information content (AvgIpc) is 3.22. The van der Waals surface area contributed by atoms with E-state index in [1.54, 1.807) is 23.0 Å². The Morgan fingerprint density at radius 1 is 1.13 bits per heavy atom. The Balaban J connectivity index is 1.50. The molecule has 1 aromatic heterocycles. The number of fused-ring (bicyclic) bond motifs is 1. The Morgan fingerprint density at radius 3 is 2.55 bits per heavy atom. The molecule has 7 nitrogen and oxygen atoms in total. The van der Waals surface area contributed by atoms with E-state index in [1.807, 2.05) is 42.5 Å². The number of aromatic nitrogens is 2. The highest BCUT2D eigenvalue weighted by molar-refractivity contribution is 7.89. The Morgan fingerprint density at radius 2 is 1.84 bits per heavy atom. The van der Waals surface area contributed by atoms with E-state index in [2.05, 4.69) is 9.82 Å². The molecule has 0 saturated carbocycles. The maximum atomic E-state index is 13.0.